The highest BCUT2D eigenvalue weighted by molar-refractivity contribution is 6.31. The Morgan fingerprint density at radius 3 is 2.45 bits per heavy atom. The molecule has 0 bridgehead atoms. The third-order valence-electron chi connectivity index (χ3n) is 4.47. The van der Waals surface area contributed by atoms with E-state index >= 15 is 0 Å². The number of nitrogens with zero attached hydrogens (tertiary/aromatic N) is 3. The Morgan fingerprint density at radius 1 is 1.14 bits per heavy atom. The van der Waals surface area contributed by atoms with E-state index in [2.05, 4.69) is 28.6 Å². The second-order valence-electron chi connectivity index (χ2n) is 6.79. The summed E-state index contributed by atoms with van der Waals surface area (Å²) in [6.45, 7) is 4.47. The van der Waals surface area contributed by atoms with Gasteiger partial charge >= 0.3 is 0 Å². The molecular weight excluding hydrogens is 384 g/mol. The van der Waals surface area contributed by atoms with Crippen molar-refractivity contribution in [3.8, 4) is 6.07 Å². The molecule has 0 radical (unpaired) electrons. The van der Waals surface area contributed by atoms with E-state index in [1.807, 2.05) is 38.1 Å². The Labute approximate surface area is 175 Å². The number of aromatic nitrogens is 2. The van der Waals surface area contributed by atoms with Crippen LogP contribution in [0.2, 0.25) is 5.15 Å². The molecule has 0 aliphatic heterocycles. The van der Waals surface area contributed by atoms with Crippen molar-refractivity contribution in [3.63, 3.8) is 0 Å². The van der Waals surface area contributed by atoms with E-state index in [1.54, 1.807) is 22.9 Å². The van der Waals surface area contributed by atoms with Crippen molar-refractivity contribution in [2.45, 2.75) is 26.8 Å². The van der Waals surface area contributed by atoms with Gasteiger partial charge in [-0.05, 0) is 43.2 Å². The molecule has 3 rings (SSSR count). The zero-order valence-electron chi connectivity index (χ0n) is 16.3. The summed E-state index contributed by atoms with van der Waals surface area (Å²) in [6.07, 6.45) is 3.46. The number of anilines is 1. The fourth-order valence-corrected chi connectivity index (χ4v) is 3.17. The van der Waals surface area contributed by atoms with Crippen LogP contribution < -0.4 is 5.32 Å². The topological polar surface area (TPSA) is 70.7 Å². The normalized spacial score (nSPS) is 10.8. The molecule has 5 nitrogen and oxygen atoms in total. The minimum Gasteiger partial charge on any atom is -0.323 e. The fraction of sp³-hybridized carbons (Fsp3) is 0.174. The molecule has 0 spiro atoms. The molecule has 29 heavy (non-hydrogen) atoms. The third kappa shape index (κ3) is 5.34. The molecule has 1 heterocycles. The Morgan fingerprint density at radius 2 is 1.79 bits per heavy atom. The van der Waals surface area contributed by atoms with Crippen LogP contribution in [0, 0.1) is 25.2 Å². The number of aryl methyl sites for hydroxylation is 2. The van der Waals surface area contributed by atoms with Gasteiger partial charge in [0.2, 0.25) is 5.91 Å². The molecule has 0 saturated heterocycles. The van der Waals surface area contributed by atoms with Gasteiger partial charge in [0.05, 0.1) is 24.7 Å². The van der Waals surface area contributed by atoms with Crippen molar-refractivity contribution in [1.29, 1.82) is 5.26 Å². The molecule has 0 unspecified atom stereocenters. The number of hydrogen-bond donors (Lipinski definition) is 1. The number of rotatable bonds is 6. The van der Waals surface area contributed by atoms with E-state index in [0.717, 1.165) is 22.4 Å². The number of benzene rings is 2. The number of carbonyl (C=O) groups excluding carboxylic acids is 1. The average Bonchev–Trinajstić information content (AvgIpc) is 2.96. The maximum Gasteiger partial charge on any atom is 0.248 e. The third-order valence-corrected chi connectivity index (χ3v) is 4.87. The first-order valence-corrected chi connectivity index (χ1v) is 9.57. The summed E-state index contributed by atoms with van der Waals surface area (Å²) < 4.78 is 1.73. The molecule has 3 aromatic rings. The van der Waals surface area contributed by atoms with Gasteiger partial charge in [-0.3, -0.25) is 4.79 Å². The Balaban J connectivity index is 1.68. The van der Waals surface area contributed by atoms with E-state index in [4.69, 9.17) is 16.9 Å². The van der Waals surface area contributed by atoms with E-state index < -0.39 is 0 Å². The smallest absolute Gasteiger partial charge is 0.248 e. The van der Waals surface area contributed by atoms with Crippen LogP contribution in [0.5, 0.6) is 0 Å². The van der Waals surface area contributed by atoms with Crippen LogP contribution in [0.1, 0.15) is 27.9 Å². The summed E-state index contributed by atoms with van der Waals surface area (Å²) in [6, 6.07) is 17.5. The molecule has 1 N–H and O–H groups in total. The lowest BCUT2D eigenvalue weighted by Gasteiger charge is -2.04. The Hall–Kier alpha value is -3.36. The summed E-state index contributed by atoms with van der Waals surface area (Å²) in [7, 11) is 0. The molecule has 146 valence electrons. The van der Waals surface area contributed by atoms with E-state index in [1.165, 1.54) is 11.6 Å². The van der Waals surface area contributed by atoms with Crippen molar-refractivity contribution in [1.82, 2.24) is 9.78 Å². The van der Waals surface area contributed by atoms with Gasteiger partial charge in [0.15, 0.2) is 0 Å². The minimum atomic E-state index is -0.264. The van der Waals surface area contributed by atoms with E-state index in [-0.39, 0.29) is 5.91 Å². The number of carbonyl (C=O) groups is 1. The highest BCUT2D eigenvalue weighted by atomic mass is 35.5. The van der Waals surface area contributed by atoms with Gasteiger partial charge in [0.25, 0.3) is 0 Å². The molecule has 6 heteroatoms. The number of halogens is 1. The second-order valence-corrected chi connectivity index (χ2v) is 7.15. The lowest BCUT2D eigenvalue weighted by Crippen LogP contribution is -2.07. The summed E-state index contributed by atoms with van der Waals surface area (Å²) in [5, 5.41) is 16.5. The second kappa shape index (κ2) is 9.22. The van der Waals surface area contributed by atoms with E-state index in [0.29, 0.717) is 23.8 Å². The molecule has 0 aliphatic rings. The summed E-state index contributed by atoms with van der Waals surface area (Å²) in [5.41, 5.74) is 5.35. The van der Waals surface area contributed by atoms with Gasteiger partial charge in [-0.1, -0.05) is 53.6 Å². The van der Waals surface area contributed by atoms with Crippen LogP contribution in [0.4, 0.5) is 5.69 Å². The number of amides is 1. The molecule has 0 atom stereocenters. The maximum atomic E-state index is 12.2. The highest BCUT2D eigenvalue weighted by Crippen LogP contribution is 2.22. The van der Waals surface area contributed by atoms with E-state index in [9.17, 15) is 4.79 Å². The lowest BCUT2D eigenvalue weighted by molar-refractivity contribution is -0.111. The van der Waals surface area contributed by atoms with Crippen LogP contribution >= 0.6 is 11.6 Å². The molecule has 2 aromatic carbocycles. The van der Waals surface area contributed by atoms with Gasteiger partial charge in [0.1, 0.15) is 5.15 Å². The van der Waals surface area contributed by atoms with Crippen molar-refractivity contribution >= 4 is 29.3 Å². The minimum absolute atomic E-state index is 0.264. The monoisotopic (exact) mass is 404 g/mol. The van der Waals surface area contributed by atoms with Gasteiger partial charge in [-0.15, -0.1) is 0 Å². The largest absolute Gasteiger partial charge is 0.323 e. The standard InChI is InChI=1S/C23H21ClN4O/c1-16-3-5-19(6-4-16)15-28-23(24)21(17(2)27-28)11-12-22(29)26-20-9-7-18(8-10-20)13-14-25/h3-12H,13,15H2,1-2H3,(H,26,29)/b12-11+. The molecule has 1 aromatic heterocycles. The van der Waals surface area contributed by atoms with Crippen LogP contribution in [0.3, 0.4) is 0 Å². The van der Waals surface area contributed by atoms with Crippen molar-refractivity contribution < 1.29 is 4.79 Å². The SMILES string of the molecule is Cc1ccc(Cn2nc(C)c(/C=C/C(=O)Nc3ccc(CC#N)cc3)c2Cl)cc1. The molecule has 0 fully saturated rings. The predicted octanol–water partition coefficient (Wildman–Crippen LogP) is 4.92. The summed E-state index contributed by atoms with van der Waals surface area (Å²) in [5.74, 6) is -0.264. The van der Waals surface area contributed by atoms with Gasteiger partial charge in [-0.25, -0.2) is 4.68 Å². The summed E-state index contributed by atoms with van der Waals surface area (Å²) in [4.78, 5) is 12.2. The maximum absolute atomic E-state index is 12.2. The van der Waals surface area contributed by atoms with Gasteiger partial charge in [-0.2, -0.15) is 10.4 Å². The first kappa shape index (κ1) is 20.4. The zero-order chi connectivity index (χ0) is 20.8. The predicted molar refractivity (Wildman–Crippen MR) is 116 cm³/mol. The quantitative estimate of drug-likeness (QED) is 0.593. The highest BCUT2D eigenvalue weighted by Gasteiger charge is 2.12. The number of nitriles is 1. The number of hydrogen-bond acceptors (Lipinski definition) is 3. The number of nitrogens with one attached hydrogen (secondary N) is 1. The van der Waals surface area contributed by atoms with Gasteiger partial charge < -0.3 is 5.32 Å². The first-order valence-electron chi connectivity index (χ1n) is 9.19. The Bertz CT molecular complexity index is 1070. The van der Waals surface area contributed by atoms with Crippen LogP contribution in [0.15, 0.2) is 54.6 Å². The van der Waals surface area contributed by atoms with Crippen LogP contribution in [-0.2, 0) is 17.8 Å². The van der Waals surface area contributed by atoms with Gasteiger partial charge in [0, 0.05) is 17.3 Å². The molecular formula is C23H21ClN4O. The van der Waals surface area contributed by atoms with Crippen molar-refractivity contribution in [3.05, 3.63) is 87.7 Å². The first-order chi connectivity index (χ1) is 14.0. The van der Waals surface area contributed by atoms with Crippen LogP contribution in [0.25, 0.3) is 6.08 Å². The molecule has 0 saturated carbocycles. The van der Waals surface area contributed by atoms with Crippen molar-refractivity contribution in [2.24, 2.45) is 0 Å². The lowest BCUT2D eigenvalue weighted by atomic mass is 10.1. The molecule has 1 amide bonds. The zero-order valence-corrected chi connectivity index (χ0v) is 17.1. The van der Waals surface area contributed by atoms with Crippen molar-refractivity contribution in [2.75, 3.05) is 5.32 Å². The Kier molecular flexibility index (Phi) is 6.48. The summed E-state index contributed by atoms with van der Waals surface area (Å²) >= 11 is 6.49. The fourth-order valence-electron chi connectivity index (χ4n) is 2.87. The van der Waals surface area contributed by atoms with Crippen LogP contribution in [-0.4, -0.2) is 15.7 Å². The molecule has 0 aliphatic carbocycles. The average molecular weight is 405 g/mol.